The van der Waals surface area contributed by atoms with Crippen LogP contribution in [0.15, 0.2) is 23.8 Å². The van der Waals surface area contributed by atoms with Crippen molar-refractivity contribution in [2.75, 3.05) is 0 Å². The monoisotopic (exact) mass is 328 g/mol. The van der Waals surface area contributed by atoms with Gasteiger partial charge in [-0.3, -0.25) is 4.79 Å². The first-order valence-corrected chi connectivity index (χ1v) is 10.1. The Morgan fingerprint density at radius 3 is 2.67 bits per heavy atom. The van der Waals surface area contributed by atoms with Gasteiger partial charge in [0.1, 0.15) is 0 Å². The molecule has 0 aromatic heterocycles. The first-order chi connectivity index (χ1) is 11.5. The average molecular weight is 328 g/mol. The maximum Gasteiger partial charge on any atom is 0.155 e. The molecule has 0 aliphatic heterocycles. The molecule has 1 N–H and O–H groups in total. The van der Waals surface area contributed by atoms with Crippen molar-refractivity contribution in [1.29, 1.82) is 0 Å². The topological polar surface area (TPSA) is 37.3 Å². The molecule has 4 aliphatic rings. The van der Waals surface area contributed by atoms with E-state index in [0.29, 0.717) is 23.5 Å². The zero-order chi connectivity index (χ0) is 17.1. The molecule has 0 bridgehead atoms. The molecule has 4 rings (SSSR count). The van der Waals surface area contributed by atoms with Gasteiger partial charge in [0.25, 0.3) is 0 Å². The van der Waals surface area contributed by atoms with Crippen LogP contribution < -0.4 is 0 Å². The number of aliphatic hydroxyl groups is 1. The lowest BCUT2D eigenvalue weighted by Gasteiger charge is -2.56. The van der Waals surface area contributed by atoms with Gasteiger partial charge >= 0.3 is 0 Å². The second kappa shape index (κ2) is 5.56. The van der Waals surface area contributed by atoms with E-state index in [2.05, 4.69) is 20.4 Å². The number of carbonyl (C=O) groups is 1. The lowest BCUT2D eigenvalue weighted by Crippen LogP contribution is -2.54. The highest BCUT2D eigenvalue weighted by molar-refractivity contribution is 5.91. The van der Waals surface area contributed by atoms with E-state index in [4.69, 9.17) is 0 Å². The third-order valence-corrected chi connectivity index (χ3v) is 8.53. The van der Waals surface area contributed by atoms with Crippen molar-refractivity contribution in [3.63, 3.8) is 0 Å². The molecular weight excluding hydrogens is 296 g/mol. The minimum atomic E-state index is -0.657. The molecule has 2 nitrogen and oxygen atoms in total. The molecule has 0 heterocycles. The molecule has 24 heavy (non-hydrogen) atoms. The fourth-order valence-electron chi connectivity index (χ4n) is 7.38. The molecule has 3 saturated carbocycles. The zero-order valence-electron chi connectivity index (χ0n) is 15.3. The van der Waals surface area contributed by atoms with Crippen LogP contribution in [0.3, 0.4) is 0 Å². The van der Waals surface area contributed by atoms with Crippen LogP contribution in [0.25, 0.3) is 0 Å². The van der Waals surface area contributed by atoms with E-state index in [1.807, 2.05) is 6.08 Å². The van der Waals surface area contributed by atoms with Crippen LogP contribution in [0, 0.1) is 29.1 Å². The van der Waals surface area contributed by atoms with Gasteiger partial charge in [-0.25, -0.2) is 0 Å². The minimum Gasteiger partial charge on any atom is -0.385 e. The predicted molar refractivity (Wildman–Crippen MR) is 96.5 cm³/mol. The second-order valence-corrected chi connectivity index (χ2v) is 8.87. The van der Waals surface area contributed by atoms with Gasteiger partial charge in [-0.15, -0.1) is 0 Å². The van der Waals surface area contributed by atoms with Gasteiger partial charge in [0.15, 0.2) is 5.78 Å². The summed E-state index contributed by atoms with van der Waals surface area (Å²) in [6.07, 6.45) is 11.3. The summed E-state index contributed by atoms with van der Waals surface area (Å²) in [5.41, 5.74) is 1.93. The van der Waals surface area contributed by atoms with E-state index in [1.54, 1.807) is 0 Å². The Labute approximate surface area is 146 Å². The summed E-state index contributed by atoms with van der Waals surface area (Å²) in [7, 11) is 0. The largest absolute Gasteiger partial charge is 0.385 e. The summed E-state index contributed by atoms with van der Waals surface area (Å²) < 4.78 is 0. The van der Waals surface area contributed by atoms with Crippen molar-refractivity contribution in [3.8, 4) is 0 Å². The van der Waals surface area contributed by atoms with Gasteiger partial charge in [-0.05, 0) is 86.7 Å². The van der Waals surface area contributed by atoms with Gasteiger partial charge in [-0.2, -0.15) is 0 Å². The smallest absolute Gasteiger partial charge is 0.155 e. The molecule has 3 fully saturated rings. The van der Waals surface area contributed by atoms with Crippen LogP contribution in [0.5, 0.6) is 0 Å². The molecule has 0 spiro atoms. The fourth-order valence-corrected chi connectivity index (χ4v) is 7.38. The zero-order valence-corrected chi connectivity index (χ0v) is 15.3. The van der Waals surface area contributed by atoms with Crippen LogP contribution in [0.1, 0.15) is 71.6 Å². The summed E-state index contributed by atoms with van der Waals surface area (Å²) in [5.74, 6) is 3.02. The molecule has 0 unspecified atom stereocenters. The molecular formula is C22H32O2. The third-order valence-electron chi connectivity index (χ3n) is 8.53. The number of rotatable bonds is 2. The maximum atomic E-state index is 11.8. The molecule has 0 amide bonds. The van der Waals surface area contributed by atoms with E-state index in [9.17, 15) is 9.90 Å². The van der Waals surface area contributed by atoms with E-state index in [-0.39, 0.29) is 5.41 Å². The first kappa shape index (κ1) is 16.6. The number of fused-ring (bicyclic) bond motifs is 5. The van der Waals surface area contributed by atoms with Crippen LogP contribution in [0.2, 0.25) is 0 Å². The van der Waals surface area contributed by atoms with E-state index in [1.165, 1.54) is 18.4 Å². The predicted octanol–water partition coefficient (Wildman–Crippen LogP) is 4.83. The molecule has 2 heteroatoms. The number of hydrogen-bond acceptors (Lipinski definition) is 2. The highest BCUT2D eigenvalue weighted by Gasteiger charge is 2.64. The Bertz CT molecular complexity index is 603. The summed E-state index contributed by atoms with van der Waals surface area (Å²) in [5, 5.41) is 11.5. The van der Waals surface area contributed by atoms with Crippen molar-refractivity contribution in [2.45, 2.75) is 77.2 Å². The van der Waals surface area contributed by atoms with Gasteiger partial charge in [0.2, 0.25) is 0 Å². The van der Waals surface area contributed by atoms with E-state index in [0.717, 1.165) is 56.4 Å². The van der Waals surface area contributed by atoms with Crippen molar-refractivity contribution in [2.24, 2.45) is 29.1 Å². The van der Waals surface area contributed by atoms with E-state index < -0.39 is 5.60 Å². The normalized spacial score (nSPS) is 47.7. The molecule has 0 radical (unpaired) electrons. The second-order valence-electron chi connectivity index (χ2n) is 8.87. The number of ketones is 1. The molecule has 4 aliphatic carbocycles. The van der Waals surface area contributed by atoms with Crippen molar-refractivity contribution < 1.29 is 9.90 Å². The van der Waals surface area contributed by atoms with Crippen LogP contribution in [0.4, 0.5) is 0 Å². The fraction of sp³-hybridized carbons (Fsp3) is 0.773. The number of allylic oxidation sites excluding steroid dienone is 1. The van der Waals surface area contributed by atoms with Crippen molar-refractivity contribution >= 4 is 5.78 Å². The summed E-state index contributed by atoms with van der Waals surface area (Å²) in [4.78, 5) is 11.8. The summed E-state index contributed by atoms with van der Waals surface area (Å²) >= 11 is 0. The Morgan fingerprint density at radius 2 is 1.96 bits per heavy atom. The number of hydrogen-bond donors (Lipinski definition) is 1. The van der Waals surface area contributed by atoms with Crippen molar-refractivity contribution in [3.05, 3.63) is 23.8 Å². The van der Waals surface area contributed by atoms with Crippen LogP contribution in [-0.4, -0.2) is 16.5 Å². The third kappa shape index (κ3) is 1.95. The molecule has 132 valence electrons. The lowest BCUT2D eigenvalue weighted by molar-refractivity contribution is -0.123. The van der Waals surface area contributed by atoms with Gasteiger partial charge < -0.3 is 5.11 Å². The Hall–Kier alpha value is -0.890. The molecule has 0 aromatic rings. The van der Waals surface area contributed by atoms with Gasteiger partial charge in [-0.1, -0.05) is 26.0 Å². The molecule has 6 atom stereocenters. The van der Waals surface area contributed by atoms with Crippen molar-refractivity contribution in [1.82, 2.24) is 0 Å². The Morgan fingerprint density at radius 1 is 1.17 bits per heavy atom. The standard InChI is InChI=1S/C22H32O2/c1-4-21-11-10-18-17-9-7-16(23)13-15(17)6-8-19(18)20(21)12-14(3)22(21,24)5-2/h13,17-20,24H,3-12H2,1-2H3/t17-,18+,19+,20-,21-,22+/m0/s1. The van der Waals surface area contributed by atoms with Crippen LogP contribution in [-0.2, 0) is 4.79 Å². The van der Waals surface area contributed by atoms with Gasteiger partial charge in [0.05, 0.1) is 5.60 Å². The quantitative estimate of drug-likeness (QED) is 0.738. The van der Waals surface area contributed by atoms with E-state index >= 15 is 0 Å². The minimum absolute atomic E-state index is 0.0473. The highest BCUT2D eigenvalue weighted by Crippen LogP contribution is 2.68. The summed E-state index contributed by atoms with van der Waals surface area (Å²) in [6, 6.07) is 0. The molecule has 0 saturated heterocycles. The number of carbonyl (C=O) groups excluding carboxylic acids is 1. The van der Waals surface area contributed by atoms with Gasteiger partial charge in [0, 0.05) is 11.8 Å². The summed E-state index contributed by atoms with van der Waals surface area (Å²) in [6.45, 7) is 8.73. The lowest BCUT2D eigenvalue weighted by atomic mass is 9.49. The highest BCUT2D eigenvalue weighted by atomic mass is 16.3. The van der Waals surface area contributed by atoms with Crippen LogP contribution >= 0.6 is 0 Å². The Balaban J connectivity index is 1.69. The Kier molecular flexibility index (Phi) is 3.84. The average Bonchev–Trinajstić information content (AvgIpc) is 2.83. The SMILES string of the molecule is C=C1C[C@H]2[C@@H]3CCC4=CC(=O)CC[C@@H]4[C@H]3CC[C@]2(CC)[C@@]1(O)CC. The molecule has 0 aromatic carbocycles. The first-order valence-electron chi connectivity index (χ1n) is 10.1. The maximum absolute atomic E-state index is 11.8.